The Balaban J connectivity index is 1.81. The van der Waals surface area contributed by atoms with Crippen LogP contribution in [0.25, 0.3) is 0 Å². The van der Waals surface area contributed by atoms with E-state index >= 15 is 0 Å². The number of nitrogens with one attached hydrogen (secondary N) is 1. The van der Waals surface area contributed by atoms with Crippen LogP contribution in [0.1, 0.15) is 26.2 Å². The SMILES string of the molecule is C[C@@H](OC(=O)C[C@@H]1C=CCC1)C(=O)Nc1cccc(Br)c1. The van der Waals surface area contributed by atoms with E-state index in [1.54, 1.807) is 19.1 Å². The van der Waals surface area contributed by atoms with Crippen LogP contribution >= 0.6 is 15.9 Å². The molecule has 1 aromatic rings. The minimum atomic E-state index is -0.804. The fourth-order valence-electron chi connectivity index (χ4n) is 2.19. The number of anilines is 1. The van der Waals surface area contributed by atoms with Gasteiger partial charge in [0.15, 0.2) is 6.10 Å². The smallest absolute Gasteiger partial charge is 0.307 e. The largest absolute Gasteiger partial charge is 0.453 e. The first kappa shape index (κ1) is 15.8. The second kappa shape index (κ2) is 7.41. The molecule has 1 amide bonds. The molecule has 21 heavy (non-hydrogen) atoms. The van der Waals surface area contributed by atoms with Crippen molar-refractivity contribution < 1.29 is 14.3 Å². The van der Waals surface area contributed by atoms with Gasteiger partial charge in [-0.2, -0.15) is 0 Å². The Morgan fingerprint density at radius 3 is 2.95 bits per heavy atom. The maximum Gasteiger partial charge on any atom is 0.307 e. The van der Waals surface area contributed by atoms with E-state index in [0.29, 0.717) is 12.1 Å². The van der Waals surface area contributed by atoms with E-state index in [4.69, 9.17) is 4.74 Å². The number of rotatable bonds is 5. The summed E-state index contributed by atoms with van der Waals surface area (Å²) in [7, 11) is 0. The summed E-state index contributed by atoms with van der Waals surface area (Å²) in [6.45, 7) is 1.58. The molecule has 0 aliphatic heterocycles. The second-order valence-corrected chi connectivity index (χ2v) is 6.02. The first-order valence-electron chi connectivity index (χ1n) is 6.97. The van der Waals surface area contributed by atoms with Gasteiger partial charge in [-0.15, -0.1) is 0 Å². The topological polar surface area (TPSA) is 55.4 Å². The van der Waals surface area contributed by atoms with Crippen LogP contribution in [0.4, 0.5) is 5.69 Å². The molecule has 1 aliphatic carbocycles. The molecule has 0 unspecified atom stereocenters. The number of amides is 1. The maximum atomic E-state index is 12.0. The van der Waals surface area contributed by atoms with Gasteiger partial charge in [0.25, 0.3) is 5.91 Å². The van der Waals surface area contributed by atoms with Crippen LogP contribution in [-0.4, -0.2) is 18.0 Å². The van der Waals surface area contributed by atoms with Gasteiger partial charge in [0.05, 0.1) is 6.42 Å². The number of ether oxygens (including phenoxy) is 1. The molecule has 1 N–H and O–H groups in total. The van der Waals surface area contributed by atoms with E-state index in [1.807, 2.05) is 18.2 Å². The number of allylic oxidation sites excluding steroid dienone is 2. The van der Waals surface area contributed by atoms with Crippen molar-refractivity contribution in [1.82, 2.24) is 0 Å². The van der Waals surface area contributed by atoms with Gasteiger partial charge in [0.1, 0.15) is 0 Å². The van der Waals surface area contributed by atoms with E-state index in [0.717, 1.165) is 17.3 Å². The van der Waals surface area contributed by atoms with Gasteiger partial charge in [0.2, 0.25) is 0 Å². The molecule has 0 fully saturated rings. The summed E-state index contributed by atoms with van der Waals surface area (Å²) in [6, 6.07) is 7.26. The summed E-state index contributed by atoms with van der Waals surface area (Å²) in [5.41, 5.74) is 0.663. The highest BCUT2D eigenvalue weighted by Gasteiger charge is 2.21. The number of carbonyl (C=O) groups is 2. The molecule has 2 rings (SSSR count). The molecule has 0 saturated heterocycles. The average molecular weight is 352 g/mol. The average Bonchev–Trinajstić information content (AvgIpc) is 2.91. The first-order valence-corrected chi connectivity index (χ1v) is 7.76. The van der Waals surface area contributed by atoms with E-state index in [9.17, 15) is 9.59 Å². The van der Waals surface area contributed by atoms with E-state index < -0.39 is 6.10 Å². The highest BCUT2D eigenvalue weighted by atomic mass is 79.9. The highest BCUT2D eigenvalue weighted by molar-refractivity contribution is 9.10. The molecule has 0 spiro atoms. The third-order valence-corrected chi connectivity index (χ3v) is 3.80. The van der Waals surface area contributed by atoms with Gasteiger partial charge >= 0.3 is 5.97 Å². The second-order valence-electron chi connectivity index (χ2n) is 5.10. The highest BCUT2D eigenvalue weighted by Crippen LogP contribution is 2.21. The Morgan fingerprint density at radius 2 is 2.29 bits per heavy atom. The Morgan fingerprint density at radius 1 is 1.48 bits per heavy atom. The normalized spacial score (nSPS) is 18.3. The monoisotopic (exact) mass is 351 g/mol. The predicted molar refractivity (Wildman–Crippen MR) is 84.8 cm³/mol. The van der Waals surface area contributed by atoms with Crippen molar-refractivity contribution in [2.24, 2.45) is 5.92 Å². The third-order valence-electron chi connectivity index (χ3n) is 3.31. The number of halogens is 1. The van der Waals surface area contributed by atoms with Crippen LogP contribution < -0.4 is 5.32 Å². The minimum Gasteiger partial charge on any atom is -0.453 e. The lowest BCUT2D eigenvalue weighted by Gasteiger charge is -2.15. The van der Waals surface area contributed by atoms with Crippen LogP contribution in [0, 0.1) is 5.92 Å². The predicted octanol–water partition coefficient (Wildman–Crippen LogP) is 3.68. The molecule has 0 saturated carbocycles. The third kappa shape index (κ3) is 5.01. The Kier molecular flexibility index (Phi) is 5.56. The van der Waals surface area contributed by atoms with Crippen molar-refractivity contribution in [3.8, 4) is 0 Å². The molecular formula is C16H18BrNO3. The molecule has 1 aromatic carbocycles. The molecule has 0 radical (unpaired) electrons. The van der Waals surface area contributed by atoms with Crippen molar-refractivity contribution >= 4 is 33.5 Å². The van der Waals surface area contributed by atoms with Crippen LogP contribution in [0.3, 0.4) is 0 Å². The maximum absolute atomic E-state index is 12.0. The van der Waals surface area contributed by atoms with Gasteiger partial charge in [0, 0.05) is 10.2 Å². The first-order chi connectivity index (χ1) is 10.0. The van der Waals surface area contributed by atoms with E-state index in [1.165, 1.54) is 0 Å². The number of carbonyl (C=O) groups excluding carboxylic acids is 2. The van der Waals surface area contributed by atoms with E-state index in [2.05, 4.69) is 27.3 Å². The standard InChI is InChI=1S/C16H18BrNO3/c1-11(21-15(19)9-12-5-2-3-6-12)16(20)18-14-8-4-7-13(17)10-14/h2,4-5,7-8,10-12H,3,6,9H2,1H3,(H,18,20)/t11-,12-/m1/s1. The molecular weight excluding hydrogens is 334 g/mol. The number of hydrogen-bond acceptors (Lipinski definition) is 3. The summed E-state index contributed by atoms with van der Waals surface area (Å²) in [6.07, 6.45) is 5.63. The summed E-state index contributed by atoms with van der Waals surface area (Å²) < 4.78 is 6.05. The summed E-state index contributed by atoms with van der Waals surface area (Å²) >= 11 is 3.34. The van der Waals surface area contributed by atoms with Gasteiger partial charge in [-0.1, -0.05) is 34.1 Å². The lowest BCUT2D eigenvalue weighted by atomic mass is 10.1. The zero-order chi connectivity index (χ0) is 15.2. The number of esters is 1. The molecule has 1 aliphatic rings. The molecule has 0 aromatic heterocycles. The number of benzene rings is 1. The molecule has 5 heteroatoms. The van der Waals surface area contributed by atoms with Gasteiger partial charge < -0.3 is 10.1 Å². The van der Waals surface area contributed by atoms with Crippen molar-refractivity contribution in [1.29, 1.82) is 0 Å². The van der Waals surface area contributed by atoms with Crippen LogP contribution in [0.15, 0.2) is 40.9 Å². The summed E-state index contributed by atoms with van der Waals surface area (Å²) in [4.78, 5) is 23.8. The summed E-state index contributed by atoms with van der Waals surface area (Å²) in [5, 5.41) is 2.72. The molecule has 2 atom stereocenters. The lowest BCUT2D eigenvalue weighted by molar-refractivity contribution is -0.153. The quantitative estimate of drug-likeness (QED) is 0.650. The fourth-order valence-corrected chi connectivity index (χ4v) is 2.59. The van der Waals surface area contributed by atoms with E-state index in [-0.39, 0.29) is 17.8 Å². The van der Waals surface area contributed by atoms with Crippen molar-refractivity contribution in [2.45, 2.75) is 32.3 Å². The van der Waals surface area contributed by atoms with Crippen molar-refractivity contribution in [3.05, 3.63) is 40.9 Å². The van der Waals surface area contributed by atoms with Crippen LogP contribution in [-0.2, 0) is 14.3 Å². The minimum absolute atomic E-state index is 0.248. The molecule has 0 heterocycles. The van der Waals surface area contributed by atoms with Crippen molar-refractivity contribution in [3.63, 3.8) is 0 Å². The zero-order valence-corrected chi connectivity index (χ0v) is 13.4. The molecule has 0 bridgehead atoms. The number of hydrogen-bond donors (Lipinski definition) is 1. The fraction of sp³-hybridized carbons (Fsp3) is 0.375. The van der Waals surface area contributed by atoms with Gasteiger partial charge in [-0.3, -0.25) is 9.59 Å². The van der Waals surface area contributed by atoms with Gasteiger partial charge in [-0.25, -0.2) is 0 Å². The van der Waals surface area contributed by atoms with Crippen molar-refractivity contribution in [2.75, 3.05) is 5.32 Å². The van der Waals surface area contributed by atoms with Crippen LogP contribution in [0.5, 0.6) is 0 Å². The molecule has 4 nitrogen and oxygen atoms in total. The van der Waals surface area contributed by atoms with Crippen LogP contribution in [0.2, 0.25) is 0 Å². The Bertz CT molecular complexity index is 556. The Labute approximate surface area is 132 Å². The Hall–Kier alpha value is -1.62. The van der Waals surface area contributed by atoms with Gasteiger partial charge in [-0.05, 0) is 43.9 Å². The molecule has 112 valence electrons. The lowest BCUT2D eigenvalue weighted by Crippen LogP contribution is -2.30. The summed E-state index contributed by atoms with van der Waals surface area (Å²) in [5.74, 6) is -0.412. The zero-order valence-electron chi connectivity index (χ0n) is 11.8.